The molecule has 1 aromatic heterocycles. The number of hydrogen-bond acceptors (Lipinski definition) is 5. The summed E-state index contributed by atoms with van der Waals surface area (Å²) >= 11 is 0. The fourth-order valence-corrected chi connectivity index (χ4v) is 3.27. The van der Waals surface area contributed by atoms with Gasteiger partial charge in [0.05, 0.1) is 6.10 Å². The quantitative estimate of drug-likeness (QED) is 0.853. The molecule has 3 rings (SSSR count). The minimum Gasteiger partial charge on any atom is -0.387 e. The van der Waals surface area contributed by atoms with E-state index < -0.39 is 6.10 Å². The van der Waals surface area contributed by atoms with Gasteiger partial charge in [-0.3, -0.25) is 0 Å². The first kappa shape index (κ1) is 16.9. The Morgan fingerprint density at radius 1 is 1.29 bits per heavy atom. The zero-order valence-electron chi connectivity index (χ0n) is 14.4. The number of aromatic nitrogens is 2. The Balaban J connectivity index is 1.53. The van der Waals surface area contributed by atoms with E-state index >= 15 is 0 Å². The van der Waals surface area contributed by atoms with Crippen LogP contribution in [0.3, 0.4) is 0 Å². The van der Waals surface area contributed by atoms with Gasteiger partial charge in [0, 0.05) is 31.9 Å². The van der Waals surface area contributed by atoms with Crippen molar-refractivity contribution in [3.63, 3.8) is 0 Å². The SMILES string of the molecule is Cc1ccc([C@@H](O)CNC[C@H]2CCCN2c2cccnn2)cc1C. The topological polar surface area (TPSA) is 61.3 Å². The van der Waals surface area contributed by atoms with E-state index in [0.29, 0.717) is 12.6 Å². The summed E-state index contributed by atoms with van der Waals surface area (Å²) in [6, 6.07) is 10.5. The van der Waals surface area contributed by atoms with E-state index in [9.17, 15) is 5.11 Å². The van der Waals surface area contributed by atoms with Gasteiger partial charge in [-0.25, -0.2) is 0 Å². The van der Waals surface area contributed by atoms with Crippen LogP contribution < -0.4 is 10.2 Å². The fourth-order valence-electron chi connectivity index (χ4n) is 3.27. The molecule has 0 aliphatic carbocycles. The molecule has 1 aliphatic heterocycles. The van der Waals surface area contributed by atoms with Gasteiger partial charge in [0.2, 0.25) is 0 Å². The van der Waals surface area contributed by atoms with Gasteiger partial charge in [0.15, 0.2) is 5.82 Å². The summed E-state index contributed by atoms with van der Waals surface area (Å²) in [7, 11) is 0. The number of benzene rings is 1. The second-order valence-electron chi connectivity index (χ2n) is 6.59. The van der Waals surface area contributed by atoms with E-state index in [1.807, 2.05) is 18.2 Å². The molecule has 0 amide bonds. The third kappa shape index (κ3) is 3.91. The molecule has 5 nitrogen and oxygen atoms in total. The highest BCUT2D eigenvalue weighted by Crippen LogP contribution is 2.23. The van der Waals surface area contributed by atoms with Gasteiger partial charge in [-0.15, -0.1) is 5.10 Å². The lowest BCUT2D eigenvalue weighted by Gasteiger charge is -2.26. The summed E-state index contributed by atoms with van der Waals surface area (Å²) in [5.74, 6) is 0.941. The van der Waals surface area contributed by atoms with E-state index in [2.05, 4.69) is 46.4 Å². The van der Waals surface area contributed by atoms with Gasteiger partial charge >= 0.3 is 0 Å². The summed E-state index contributed by atoms with van der Waals surface area (Å²) in [5, 5.41) is 22.0. The number of nitrogens with zero attached hydrogens (tertiary/aromatic N) is 3. The normalized spacial score (nSPS) is 18.8. The van der Waals surface area contributed by atoms with Crippen molar-refractivity contribution >= 4 is 5.82 Å². The van der Waals surface area contributed by atoms with E-state index in [-0.39, 0.29) is 0 Å². The maximum Gasteiger partial charge on any atom is 0.151 e. The second-order valence-corrected chi connectivity index (χ2v) is 6.59. The van der Waals surface area contributed by atoms with Gasteiger partial charge in [0.1, 0.15) is 0 Å². The molecule has 1 aliphatic rings. The summed E-state index contributed by atoms with van der Waals surface area (Å²) < 4.78 is 0. The Morgan fingerprint density at radius 3 is 2.92 bits per heavy atom. The van der Waals surface area contributed by atoms with Crippen molar-refractivity contribution in [3.05, 3.63) is 53.2 Å². The fraction of sp³-hybridized carbons (Fsp3) is 0.474. The van der Waals surface area contributed by atoms with Crippen LogP contribution in [0.4, 0.5) is 5.82 Å². The smallest absolute Gasteiger partial charge is 0.151 e. The maximum absolute atomic E-state index is 10.4. The molecule has 0 unspecified atom stereocenters. The van der Waals surface area contributed by atoms with E-state index in [1.54, 1.807) is 6.20 Å². The Kier molecular flexibility index (Phi) is 5.43. The molecule has 1 fully saturated rings. The van der Waals surface area contributed by atoms with Crippen molar-refractivity contribution in [2.75, 3.05) is 24.5 Å². The Labute approximate surface area is 143 Å². The molecular weight excluding hydrogens is 300 g/mol. The molecule has 1 saturated heterocycles. The monoisotopic (exact) mass is 326 g/mol. The first-order chi connectivity index (χ1) is 11.6. The van der Waals surface area contributed by atoms with Crippen molar-refractivity contribution in [1.82, 2.24) is 15.5 Å². The highest BCUT2D eigenvalue weighted by atomic mass is 16.3. The standard InChI is InChI=1S/C19H26N4O/c1-14-7-8-16(11-15(14)2)18(24)13-20-12-17-5-4-10-23(17)19-6-3-9-21-22-19/h3,6-9,11,17-18,20,24H,4-5,10,12-13H2,1-2H3/t17-,18+/m1/s1. The zero-order valence-corrected chi connectivity index (χ0v) is 14.4. The molecule has 128 valence electrons. The minimum absolute atomic E-state index is 0.411. The molecule has 0 spiro atoms. The minimum atomic E-state index is -0.476. The Bertz CT molecular complexity index is 662. The summed E-state index contributed by atoms with van der Waals surface area (Å²) in [6.45, 7) is 6.59. The van der Waals surface area contributed by atoms with Crippen LogP contribution >= 0.6 is 0 Å². The average Bonchev–Trinajstić information content (AvgIpc) is 3.06. The van der Waals surface area contributed by atoms with Crippen LogP contribution in [-0.2, 0) is 0 Å². The zero-order chi connectivity index (χ0) is 16.9. The lowest BCUT2D eigenvalue weighted by molar-refractivity contribution is 0.174. The average molecular weight is 326 g/mol. The number of rotatable bonds is 6. The number of aliphatic hydroxyl groups excluding tert-OH is 1. The Morgan fingerprint density at radius 2 is 2.17 bits per heavy atom. The molecule has 0 saturated carbocycles. The number of hydrogen-bond donors (Lipinski definition) is 2. The molecule has 0 bridgehead atoms. The maximum atomic E-state index is 10.4. The summed E-state index contributed by atoms with van der Waals surface area (Å²) in [4.78, 5) is 2.31. The predicted octanol–water partition coefficient (Wildman–Crippen LogP) is 2.39. The first-order valence-corrected chi connectivity index (χ1v) is 8.65. The van der Waals surface area contributed by atoms with Crippen LogP contribution in [0.2, 0.25) is 0 Å². The van der Waals surface area contributed by atoms with Crippen molar-refractivity contribution in [2.45, 2.75) is 38.8 Å². The molecular formula is C19H26N4O. The lowest BCUT2D eigenvalue weighted by atomic mass is 10.0. The molecule has 2 heterocycles. The predicted molar refractivity (Wildman–Crippen MR) is 96.1 cm³/mol. The Hall–Kier alpha value is -1.98. The summed E-state index contributed by atoms with van der Waals surface area (Å²) in [5.41, 5.74) is 3.45. The number of anilines is 1. The van der Waals surface area contributed by atoms with Crippen LogP contribution in [0.25, 0.3) is 0 Å². The van der Waals surface area contributed by atoms with Crippen molar-refractivity contribution in [2.24, 2.45) is 0 Å². The third-order valence-electron chi connectivity index (χ3n) is 4.86. The summed E-state index contributed by atoms with van der Waals surface area (Å²) in [6.07, 6.45) is 3.54. The first-order valence-electron chi connectivity index (χ1n) is 8.65. The molecule has 24 heavy (non-hydrogen) atoms. The molecule has 0 radical (unpaired) electrons. The highest BCUT2D eigenvalue weighted by Gasteiger charge is 2.25. The molecule has 2 N–H and O–H groups in total. The van der Waals surface area contributed by atoms with Crippen LogP contribution in [0, 0.1) is 13.8 Å². The van der Waals surface area contributed by atoms with Crippen LogP contribution in [0.5, 0.6) is 0 Å². The van der Waals surface area contributed by atoms with E-state index in [1.165, 1.54) is 17.5 Å². The van der Waals surface area contributed by atoms with Crippen LogP contribution in [0.15, 0.2) is 36.5 Å². The van der Waals surface area contributed by atoms with E-state index in [4.69, 9.17) is 0 Å². The van der Waals surface area contributed by atoms with Crippen molar-refractivity contribution in [3.8, 4) is 0 Å². The number of aliphatic hydroxyl groups is 1. The van der Waals surface area contributed by atoms with E-state index in [0.717, 1.165) is 30.9 Å². The van der Waals surface area contributed by atoms with Crippen LogP contribution in [-0.4, -0.2) is 41.0 Å². The number of nitrogens with one attached hydrogen (secondary N) is 1. The number of aryl methyl sites for hydroxylation is 2. The third-order valence-corrected chi connectivity index (χ3v) is 4.86. The molecule has 2 aromatic rings. The highest BCUT2D eigenvalue weighted by molar-refractivity contribution is 5.39. The molecule has 2 atom stereocenters. The van der Waals surface area contributed by atoms with Gasteiger partial charge < -0.3 is 15.3 Å². The van der Waals surface area contributed by atoms with Crippen LogP contribution in [0.1, 0.15) is 35.6 Å². The van der Waals surface area contributed by atoms with Crippen molar-refractivity contribution < 1.29 is 5.11 Å². The molecule has 5 heteroatoms. The van der Waals surface area contributed by atoms with Gasteiger partial charge in [-0.1, -0.05) is 18.2 Å². The second kappa shape index (κ2) is 7.73. The van der Waals surface area contributed by atoms with Gasteiger partial charge in [-0.05, 0) is 55.5 Å². The van der Waals surface area contributed by atoms with Gasteiger partial charge in [0.25, 0.3) is 0 Å². The van der Waals surface area contributed by atoms with Crippen molar-refractivity contribution in [1.29, 1.82) is 0 Å². The molecule has 1 aromatic carbocycles. The lowest BCUT2D eigenvalue weighted by Crippen LogP contribution is -2.39. The largest absolute Gasteiger partial charge is 0.387 e. The van der Waals surface area contributed by atoms with Gasteiger partial charge in [-0.2, -0.15) is 5.10 Å².